The standard InChI is InChI=1S/C56H87NO16.C56H6.H3NO16.40H2/c1-33-17-13-12-14-18-34(2)45(68-9)29-41-22-20-39(7)56(67,73-41)51(63)52(64)57-24-16-15-19-42(57)53(65)71-46(30-43(60)35(3)26-38(6)49(62)50(70-11)48(61)37(5)25-33)36(4)27-40-21-23-44(47(28-40)69-10)72-54(66)55(8,31-58)32-59;1-3-5-7-9-11-13-15-17-19-21-23-25-27-29-31-33-35-37-39-41-43-45-47-49-51-53-55-56-54-52-50-48-46-44-42-40-38-36-34-32-30-28-26-24-22-20-18-16-14-12-10-8-6-4-2;2-6-10-14-16-12-8-4-1-5-9-13-17-15-11-7-3;;;;;;;;;;;;;;;;;;;;;;;;;;;;;;;;;;;;;;;;/h12-14,17-18,26,33,35-37,39-42,44-47,49-50,58-59,62,67H,15-16,19-25,27-32H2,1-11H3;1-2H3;1-3H;40*1H/b14-12+,17-13+,34-18+,38-26+;;;;;;;;;;;;;;;;;;;;;;;;;;;;;;;;;;;;;;;;;;/t33-,35-,36-,37-,39-,40+,41+,42+,44-,45+,46+,47-,49-,50+,56-;;;;;;;;;;;;;;;;;;;;;;;;;;;;;;;;;;;;;;;;;;/m1........................................../s1. The van der Waals surface area contributed by atoms with Crippen molar-refractivity contribution in [3.63, 3.8) is 0 Å². The van der Waals surface area contributed by atoms with Gasteiger partial charge in [-0.05, 0) is 289 Å². The number of amides is 1. The van der Waals surface area contributed by atoms with Crippen LogP contribution in [0.4, 0.5) is 0 Å². The summed E-state index contributed by atoms with van der Waals surface area (Å²) in [6.07, 6.45) is 9.76. The number of ether oxygens (including phenoxy) is 6. The number of aliphatic hydroxyl groups is 4. The number of rotatable bonds is 24. The second-order valence-electron chi connectivity index (χ2n) is 29.9. The minimum atomic E-state index is -2.47. The molecule has 2 saturated heterocycles. The van der Waals surface area contributed by atoms with Crippen LogP contribution < -0.4 is 5.64 Å². The highest BCUT2D eigenvalue weighted by Crippen LogP contribution is 2.39. The highest BCUT2D eigenvalue weighted by molar-refractivity contribution is 6.39. The summed E-state index contributed by atoms with van der Waals surface area (Å²) in [5, 5.41) is 97.8. The van der Waals surface area contributed by atoms with E-state index in [1.807, 2.05) is 51.2 Å². The van der Waals surface area contributed by atoms with Gasteiger partial charge in [-0.25, -0.2) is 15.3 Å². The van der Waals surface area contributed by atoms with E-state index in [1.165, 1.54) is 26.8 Å². The van der Waals surface area contributed by atoms with Crippen LogP contribution in [0.1, 0.15) is 203 Å². The van der Waals surface area contributed by atoms with Crippen LogP contribution in [0.3, 0.4) is 0 Å². The van der Waals surface area contributed by atoms with Crippen molar-refractivity contribution in [1.29, 1.82) is 0 Å². The smallest absolute Gasteiger partial charge is 0.329 e. The molecule has 2 bridgehead atoms. The van der Waals surface area contributed by atoms with Gasteiger partial charge in [-0.3, -0.25) is 24.0 Å². The number of hydrogen-bond acceptors (Lipinski definition) is 33. The monoisotopic (exact) mass is 2060 g/mol. The largest absolute Gasteiger partial charge is 0.460 e. The van der Waals surface area contributed by atoms with Crippen molar-refractivity contribution < 1.29 is 216 Å². The highest BCUT2D eigenvalue weighted by Gasteiger charge is 2.53. The Morgan fingerprint density at radius 3 is 1.31 bits per heavy atom. The number of hydrogen-bond donors (Lipinski definition) is 7. The Morgan fingerprint density at radius 1 is 0.507 bits per heavy atom. The summed E-state index contributed by atoms with van der Waals surface area (Å²) in [6.45, 7) is 16.1. The molecule has 0 unspecified atom stereocenters. The van der Waals surface area contributed by atoms with Crippen molar-refractivity contribution in [1.82, 2.24) is 10.5 Å². The first-order valence-electron chi connectivity index (χ1n) is 43.4. The number of piperidine rings is 1. The number of Topliss-reactive ketones (excluding diaryl/α,β-unsaturated/α-hetero) is 3. The van der Waals surface area contributed by atoms with Gasteiger partial charge in [-0.2, -0.15) is 0 Å². The van der Waals surface area contributed by atoms with Crippen molar-refractivity contribution in [3.8, 4) is 320 Å². The first-order valence-corrected chi connectivity index (χ1v) is 43.4. The summed E-state index contributed by atoms with van der Waals surface area (Å²) in [6, 6.07) is -1.20. The van der Waals surface area contributed by atoms with Crippen LogP contribution in [0.25, 0.3) is 0 Å². The third-order valence-electron chi connectivity index (χ3n) is 19.8. The van der Waals surface area contributed by atoms with Gasteiger partial charge in [0.1, 0.15) is 41.7 Å². The second kappa shape index (κ2) is 81.1. The Balaban J connectivity index is -0.0000000473. The molecule has 0 radical (unpaired) electrons. The molecule has 0 spiro atoms. The number of methoxy groups -OCH3 is 3. The van der Waals surface area contributed by atoms with Crippen LogP contribution in [0, 0.1) is 361 Å². The molecule has 826 valence electrons. The average Bonchev–Trinajstić information content (AvgIpc) is 0.769. The van der Waals surface area contributed by atoms with E-state index in [-0.39, 0.29) is 99.9 Å². The van der Waals surface area contributed by atoms with E-state index in [4.69, 9.17) is 38.9 Å². The Labute approximate surface area is 909 Å². The Morgan fingerprint density at radius 2 is 0.918 bits per heavy atom. The fourth-order valence-corrected chi connectivity index (χ4v) is 12.5. The summed E-state index contributed by atoms with van der Waals surface area (Å²) in [5.74, 6) is 126. The zero-order chi connectivity index (χ0) is 107. The first kappa shape index (κ1) is 126. The zero-order valence-electron chi connectivity index (χ0n) is 81.4. The van der Waals surface area contributed by atoms with Gasteiger partial charge in [-0.15, -0.1) is 0 Å². The SMILES string of the molecule is CC#CC#CC#CC#CC#CC#CC#CC#CC#CC#CC#CC#CC#CC#CC#CC#CC#CC#CC#CC#CC#CC#CC#CC#CC#CC#CC#CC.CO[C@H]1C[C@@H]2CC[C@@H](C)[C@@](O)(O2)C(=O)C(=O)N2CCCC[C@H]2C(=O)O[C@H]([C@H](C)C[C@@H]2CC[C@@H](OC(=O)C(C)(CO)CO)[C@H](OC)C2)CC(=O)[C@H](C)/C=C(\C)[C@@H](O)[C@@H](OC)C(=O)[C@H](C)C[C@H](C)/C=C/C=C/C=C/1C.OOOOOOOONOOOOOOOO.[HH].[HH].[HH].[HH].[HH].[HH].[HH].[HH].[HH].[HH].[HH].[HH].[HH].[HH].[HH].[HH].[HH].[HH].[HH].[HH].[HH].[HH].[HH].[HH].[HH].[HH].[HH].[HH].[HH].[HH].[HH].[HH].[HH].[HH].[HH].[HH].[HH].[HH].[HH].[HH]. The molecule has 34 heteroatoms. The predicted octanol–water partition coefficient (Wildman–Crippen LogP) is 15.2. The maximum absolute atomic E-state index is 14.5. The van der Waals surface area contributed by atoms with Crippen LogP contribution >= 0.6 is 0 Å². The molecule has 3 heterocycles. The molecule has 1 amide bonds. The third-order valence-corrected chi connectivity index (χ3v) is 19.8. The number of nitrogens with one attached hydrogen (secondary N) is 1. The minimum Gasteiger partial charge on any atom is -0.460 e. The second-order valence-corrected chi connectivity index (χ2v) is 29.9. The van der Waals surface area contributed by atoms with E-state index in [2.05, 4.69) is 390 Å². The number of aliphatic hydroxyl groups excluding tert-OH is 3. The molecule has 1 saturated carbocycles. The number of carbonyl (C=O) groups excluding carboxylic acids is 6. The number of allylic oxidation sites excluding steroid dienone is 6. The summed E-state index contributed by atoms with van der Waals surface area (Å²) >= 11 is 0. The molecule has 7 N–H and O–H groups in total. The molecule has 4 rings (SSSR count). The molecule has 3 fully saturated rings. The van der Waals surface area contributed by atoms with E-state index in [1.54, 1.807) is 54.7 Å². The Bertz CT molecular complexity index is 6450. The number of carbonyl (C=O) groups is 6. The Kier molecular flexibility index (Phi) is 69.7. The van der Waals surface area contributed by atoms with E-state index >= 15 is 0 Å². The molecule has 0 aromatic rings. The summed E-state index contributed by atoms with van der Waals surface area (Å²) in [5.41, 5.74) is 1.08. The average molecular weight is 2060 g/mol. The molecule has 1 aliphatic carbocycles. The molecule has 0 aromatic heterocycles. The molecule has 3 aliphatic heterocycles. The van der Waals surface area contributed by atoms with Gasteiger partial charge in [0.2, 0.25) is 5.79 Å². The maximum atomic E-state index is 14.5. The molecular formula is C112H176N2O32. The molecule has 0 aromatic carbocycles. The van der Waals surface area contributed by atoms with Crippen LogP contribution in [-0.2, 0) is 128 Å². The van der Waals surface area contributed by atoms with Crippen LogP contribution in [0.5, 0.6) is 0 Å². The van der Waals surface area contributed by atoms with Crippen LogP contribution in [-0.4, -0.2) is 167 Å². The molecule has 4 aliphatic rings. The van der Waals surface area contributed by atoms with Gasteiger partial charge in [0.05, 0.1) is 31.5 Å². The van der Waals surface area contributed by atoms with Crippen LogP contribution in [0.15, 0.2) is 47.6 Å². The summed E-state index contributed by atoms with van der Waals surface area (Å²) in [4.78, 5) is 92.8. The lowest BCUT2D eigenvalue weighted by molar-refractivity contribution is -0.833. The van der Waals surface area contributed by atoms with Gasteiger partial charge < -0.3 is 53.7 Å². The number of nitrogens with zero attached hydrogens (tertiary/aromatic N) is 1. The maximum Gasteiger partial charge on any atom is 0.329 e. The quantitative estimate of drug-likeness (QED) is 0.00897. The molecule has 15 atom stereocenters. The van der Waals surface area contributed by atoms with Crippen LogP contribution in [0.2, 0.25) is 0 Å². The van der Waals surface area contributed by atoms with E-state index < -0.39 is 120 Å². The van der Waals surface area contributed by atoms with E-state index in [0.717, 1.165) is 10.5 Å². The van der Waals surface area contributed by atoms with Gasteiger partial charge in [0.15, 0.2) is 5.78 Å². The Hall–Kier alpha value is -16.5. The number of esters is 2. The third kappa shape index (κ3) is 56.2. The molecule has 34 nitrogen and oxygen atoms in total. The lowest BCUT2D eigenvalue weighted by atomic mass is 9.78. The van der Waals surface area contributed by atoms with Crippen molar-refractivity contribution in [2.45, 2.75) is 201 Å². The lowest BCUT2D eigenvalue weighted by Gasteiger charge is -2.42. The van der Waals surface area contributed by atoms with Crippen molar-refractivity contribution in [2.75, 3.05) is 41.1 Å². The topological polar surface area (TPSA) is 424 Å². The van der Waals surface area contributed by atoms with E-state index in [0.29, 0.717) is 69.8 Å². The first-order chi connectivity index (χ1) is 70.8. The zero-order valence-corrected chi connectivity index (χ0v) is 81.4. The highest BCUT2D eigenvalue weighted by atomic mass is 17.9. The van der Waals surface area contributed by atoms with Gasteiger partial charge in [0.25, 0.3) is 11.7 Å². The van der Waals surface area contributed by atoms with Crippen molar-refractivity contribution >= 4 is 35.2 Å². The number of ketones is 3. The summed E-state index contributed by atoms with van der Waals surface area (Å²) in [7, 11) is 4.43. The predicted molar refractivity (Wildman–Crippen MR) is 601 cm³/mol. The number of fused-ring (bicyclic) bond motifs is 3. The van der Waals surface area contributed by atoms with Crippen molar-refractivity contribution in [3.05, 3.63) is 47.6 Å². The molecular weight excluding hydrogens is 1890 g/mol. The minimum absolute atomic E-state index is 0. The number of cyclic esters (lactones) is 1. The molecule has 146 heavy (non-hydrogen) atoms. The van der Waals surface area contributed by atoms with Crippen molar-refractivity contribution in [2.24, 2.45) is 40.9 Å². The van der Waals surface area contributed by atoms with Gasteiger partial charge >= 0.3 is 11.9 Å². The van der Waals surface area contributed by atoms with E-state index in [9.17, 15) is 49.2 Å². The summed E-state index contributed by atoms with van der Waals surface area (Å²) < 4.78 is 35.4. The fraction of sp³-hybridized carbons (Fsp3) is 0.393. The normalized spacial score (nSPS) is 21.5. The lowest BCUT2D eigenvalue weighted by Crippen LogP contribution is -2.61. The van der Waals surface area contributed by atoms with Gasteiger partial charge in [0, 0.05) is 329 Å². The fourth-order valence-electron chi connectivity index (χ4n) is 12.5. The van der Waals surface area contributed by atoms with Gasteiger partial charge in [-0.1, -0.05) is 92.9 Å².